The van der Waals surface area contributed by atoms with Crippen LogP contribution in [0.15, 0.2) is 23.8 Å². The minimum absolute atomic E-state index is 0.0395. The van der Waals surface area contributed by atoms with Crippen molar-refractivity contribution in [2.45, 2.75) is 13.8 Å². The number of rotatable bonds is 7. The Balaban J connectivity index is 3.02. The van der Waals surface area contributed by atoms with Crippen molar-refractivity contribution in [3.63, 3.8) is 0 Å². The topological polar surface area (TPSA) is 71.1 Å². The predicted molar refractivity (Wildman–Crippen MR) is 80.8 cm³/mol. The highest BCUT2D eigenvalue weighted by molar-refractivity contribution is 5.68. The molecule has 0 unspecified atom stereocenters. The molecule has 0 saturated heterocycles. The summed E-state index contributed by atoms with van der Waals surface area (Å²) >= 11 is 0. The highest BCUT2D eigenvalue weighted by Gasteiger charge is 2.08. The van der Waals surface area contributed by atoms with Gasteiger partial charge in [-0.2, -0.15) is 0 Å². The standard InChI is InChI=1S/C16H20O6/c1-11(17)21-9-13(10-22-12(2)18)7-14-5-6-15(19-3)8-16(14)20-4/h5-8H,9-10H2,1-4H3. The summed E-state index contributed by atoms with van der Waals surface area (Å²) in [6, 6.07) is 5.32. The SMILES string of the molecule is COc1ccc(C=C(COC(C)=O)COC(C)=O)c(OC)c1. The van der Waals surface area contributed by atoms with Crippen LogP contribution in [0, 0.1) is 0 Å². The molecule has 0 bridgehead atoms. The molecule has 0 aliphatic heterocycles. The summed E-state index contributed by atoms with van der Waals surface area (Å²) in [4.78, 5) is 21.9. The molecule has 22 heavy (non-hydrogen) atoms. The van der Waals surface area contributed by atoms with Gasteiger partial charge in [0.25, 0.3) is 0 Å². The highest BCUT2D eigenvalue weighted by Crippen LogP contribution is 2.26. The molecular weight excluding hydrogens is 288 g/mol. The van der Waals surface area contributed by atoms with Crippen LogP contribution in [0.2, 0.25) is 0 Å². The predicted octanol–water partition coefficient (Wildman–Crippen LogP) is 2.21. The molecule has 120 valence electrons. The molecule has 0 fully saturated rings. The van der Waals surface area contributed by atoms with Gasteiger partial charge in [0, 0.05) is 31.1 Å². The molecule has 6 nitrogen and oxygen atoms in total. The Kier molecular flexibility index (Phi) is 6.95. The molecule has 0 atom stereocenters. The van der Waals surface area contributed by atoms with Gasteiger partial charge in [0.1, 0.15) is 24.7 Å². The van der Waals surface area contributed by atoms with Crippen LogP contribution >= 0.6 is 0 Å². The Morgan fingerprint density at radius 2 is 1.59 bits per heavy atom. The van der Waals surface area contributed by atoms with Crippen molar-refractivity contribution in [2.75, 3.05) is 27.4 Å². The van der Waals surface area contributed by atoms with E-state index in [9.17, 15) is 9.59 Å². The molecule has 0 aromatic heterocycles. The van der Waals surface area contributed by atoms with Crippen molar-refractivity contribution in [3.05, 3.63) is 29.3 Å². The normalized spacial score (nSPS) is 9.64. The smallest absolute Gasteiger partial charge is 0.302 e. The van der Waals surface area contributed by atoms with Crippen molar-refractivity contribution < 1.29 is 28.5 Å². The minimum Gasteiger partial charge on any atom is -0.497 e. The quantitative estimate of drug-likeness (QED) is 0.719. The zero-order valence-corrected chi connectivity index (χ0v) is 13.2. The van der Waals surface area contributed by atoms with Gasteiger partial charge in [0.2, 0.25) is 0 Å². The summed E-state index contributed by atoms with van der Waals surface area (Å²) < 4.78 is 20.4. The molecular formula is C16H20O6. The lowest BCUT2D eigenvalue weighted by Gasteiger charge is -2.11. The van der Waals surface area contributed by atoms with E-state index in [-0.39, 0.29) is 13.2 Å². The Morgan fingerprint density at radius 3 is 2.05 bits per heavy atom. The van der Waals surface area contributed by atoms with Crippen LogP contribution in [0.4, 0.5) is 0 Å². The fraction of sp³-hybridized carbons (Fsp3) is 0.375. The van der Waals surface area contributed by atoms with E-state index in [2.05, 4.69) is 0 Å². The number of carbonyl (C=O) groups excluding carboxylic acids is 2. The van der Waals surface area contributed by atoms with Crippen molar-refractivity contribution >= 4 is 18.0 Å². The second-order valence-electron chi connectivity index (χ2n) is 4.47. The van der Waals surface area contributed by atoms with Gasteiger partial charge < -0.3 is 18.9 Å². The van der Waals surface area contributed by atoms with Crippen LogP contribution in [-0.2, 0) is 19.1 Å². The molecule has 0 aliphatic rings. The van der Waals surface area contributed by atoms with Crippen LogP contribution in [0.3, 0.4) is 0 Å². The molecule has 6 heteroatoms. The molecule has 1 aromatic rings. The summed E-state index contributed by atoms with van der Waals surface area (Å²) in [5.74, 6) is 0.448. The van der Waals surface area contributed by atoms with Gasteiger partial charge in [-0.25, -0.2) is 0 Å². The first-order valence-electron chi connectivity index (χ1n) is 6.64. The molecule has 0 spiro atoms. The second-order valence-corrected chi connectivity index (χ2v) is 4.47. The average molecular weight is 308 g/mol. The molecule has 0 heterocycles. The maximum Gasteiger partial charge on any atom is 0.302 e. The fourth-order valence-electron chi connectivity index (χ4n) is 1.67. The lowest BCUT2D eigenvalue weighted by atomic mass is 10.1. The first-order valence-corrected chi connectivity index (χ1v) is 6.64. The summed E-state index contributed by atoms with van der Waals surface area (Å²) in [7, 11) is 3.11. The minimum atomic E-state index is -0.407. The van der Waals surface area contributed by atoms with E-state index in [0.717, 1.165) is 5.56 Å². The van der Waals surface area contributed by atoms with Gasteiger partial charge in [-0.05, 0) is 18.2 Å². The van der Waals surface area contributed by atoms with E-state index in [1.807, 2.05) is 0 Å². The third-order valence-corrected chi connectivity index (χ3v) is 2.72. The number of ether oxygens (including phenoxy) is 4. The summed E-state index contributed by atoms with van der Waals surface area (Å²) in [5.41, 5.74) is 1.39. The number of carbonyl (C=O) groups is 2. The van der Waals surface area contributed by atoms with Gasteiger partial charge in [0.05, 0.1) is 14.2 Å². The Labute approximate surface area is 129 Å². The molecule has 0 saturated carbocycles. The van der Waals surface area contributed by atoms with Crippen LogP contribution in [0.1, 0.15) is 19.4 Å². The van der Waals surface area contributed by atoms with E-state index in [4.69, 9.17) is 18.9 Å². The number of hydrogen-bond acceptors (Lipinski definition) is 6. The third-order valence-electron chi connectivity index (χ3n) is 2.72. The fourth-order valence-corrected chi connectivity index (χ4v) is 1.67. The van der Waals surface area contributed by atoms with E-state index in [1.54, 1.807) is 38.5 Å². The maximum atomic E-state index is 10.9. The van der Waals surface area contributed by atoms with Crippen molar-refractivity contribution in [1.82, 2.24) is 0 Å². The zero-order valence-electron chi connectivity index (χ0n) is 13.2. The second kappa shape index (κ2) is 8.71. The van der Waals surface area contributed by atoms with Crippen LogP contribution < -0.4 is 9.47 Å². The van der Waals surface area contributed by atoms with E-state index < -0.39 is 11.9 Å². The van der Waals surface area contributed by atoms with Crippen LogP contribution in [0.5, 0.6) is 11.5 Å². The van der Waals surface area contributed by atoms with Gasteiger partial charge in [-0.15, -0.1) is 0 Å². The van der Waals surface area contributed by atoms with E-state index in [1.165, 1.54) is 13.8 Å². The first kappa shape index (κ1) is 17.6. The molecule has 0 aliphatic carbocycles. The summed E-state index contributed by atoms with van der Waals surface area (Å²) in [5, 5.41) is 0. The molecule has 0 radical (unpaired) electrons. The summed E-state index contributed by atoms with van der Waals surface area (Å²) in [6.45, 7) is 2.71. The number of esters is 2. The Hall–Kier alpha value is -2.50. The third kappa shape index (κ3) is 5.87. The molecule has 1 rings (SSSR count). The van der Waals surface area contributed by atoms with E-state index in [0.29, 0.717) is 17.1 Å². The first-order chi connectivity index (χ1) is 10.5. The van der Waals surface area contributed by atoms with Gasteiger partial charge in [0.15, 0.2) is 0 Å². The summed E-state index contributed by atoms with van der Waals surface area (Å²) in [6.07, 6.45) is 1.75. The van der Waals surface area contributed by atoms with Crippen molar-refractivity contribution in [3.8, 4) is 11.5 Å². The largest absolute Gasteiger partial charge is 0.497 e. The Morgan fingerprint density at radius 1 is 1.00 bits per heavy atom. The molecule has 1 aromatic carbocycles. The highest BCUT2D eigenvalue weighted by atomic mass is 16.5. The van der Waals surface area contributed by atoms with E-state index >= 15 is 0 Å². The van der Waals surface area contributed by atoms with Crippen LogP contribution in [0.25, 0.3) is 6.08 Å². The van der Waals surface area contributed by atoms with Crippen LogP contribution in [-0.4, -0.2) is 39.4 Å². The monoisotopic (exact) mass is 308 g/mol. The van der Waals surface area contributed by atoms with Gasteiger partial charge in [-0.1, -0.05) is 0 Å². The Bertz CT molecular complexity index is 542. The average Bonchev–Trinajstić information content (AvgIpc) is 2.49. The molecule has 0 amide bonds. The van der Waals surface area contributed by atoms with Gasteiger partial charge in [-0.3, -0.25) is 9.59 Å². The van der Waals surface area contributed by atoms with Crippen molar-refractivity contribution in [1.29, 1.82) is 0 Å². The zero-order chi connectivity index (χ0) is 16.5. The number of benzene rings is 1. The van der Waals surface area contributed by atoms with Crippen molar-refractivity contribution in [2.24, 2.45) is 0 Å². The maximum absolute atomic E-state index is 10.9. The molecule has 0 N–H and O–H groups in total. The number of hydrogen-bond donors (Lipinski definition) is 0. The lowest BCUT2D eigenvalue weighted by Crippen LogP contribution is -2.10. The lowest BCUT2D eigenvalue weighted by molar-refractivity contribution is -0.141. The van der Waals surface area contributed by atoms with Gasteiger partial charge >= 0.3 is 11.9 Å². The number of methoxy groups -OCH3 is 2.